The number of hydrogen-bond acceptors (Lipinski definition) is 2. The molecule has 1 N–H and O–H groups in total. The lowest BCUT2D eigenvalue weighted by atomic mass is 9.47. The maximum absolute atomic E-state index is 11.9. The van der Waals surface area contributed by atoms with Crippen molar-refractivity contribution in [2.75, 3.05) is 0 Å². The third kappa shape index (κ3) is 1.96. The number of fused-ring (bicyclic) bond motifs is 5. The van der Waals surface area contributed by atoms with Crippen molar-refractivity contribution in [3.63, 3.8) is 0 Å². The highest BCUT2D eigenvalue weighted by Gasteiger charge is 2.59. The Morgan fingerprint density at radius 3 is 2.91 bits per heavy atom. The van der Waals surface area contributed by atoms with E-state index in [1.165, 1.54) is 5.57 Å². The first kappa shape index (κ1) is 15.2. The summed E-state index contributed by atoms with van der Waals surface area (Å²) in [6.45, 7) is 2.30. The molecule has 0 aromatic heterocycles. The predicted molar refractivity (Wildman–Crippen MR) is 90.4 cm³/mol. The first-order valence-corrected chi connectivity index (χ1v) is 9.07. The Hall–Kier alpha value is -1.33. The zero-order chi connectivity index (χ0) is 16.2. The van der Waals surface area contributed by atoms with E-state index in [9.17, 15) is 9.90 Å². The fourth-order valence-corrected chi connectivity index (χ4v) is 6.46. The Morgan fingerprint density at radius 1 is 1.30 bits per heavy atom. The number of carbonyl (C=O) groups is 1. The molecule has 2 nitrogen and oxygen atoms in total. The summed E-state index contributed by atoms with van der Waals surface area (Å²) in [6.07, 6.45) is 18.5. The summed E-state index contributed by atoms with van der Waals surface area (Å²) in [5, 5.41) is 10.5. The van der Waals surface area contributed by atoms with E-state index in [0.29, 0.717) is 24.2 Å². The highest BCUT2D eigenvalue weighted by Crippen LogP contribution is 2.65. The largest absolute Gasteiger partial charge is 0.393 e. The van der Waals surface area contributed by atoms with Crippen LogP contribution < -0.4 is 0 Å². The van der Waals surface area contributed by atoms with Crippen LogP contribution in [0.2, 0.25) is 0 Å². The van der Waals surface area contributed by atoms with Crippen molar-refractivity contribution in [1.82, 2.24) is 0 Å². The number of aliphatic hydroxyl groups excluding tert-OH is 1. The summed E-state index contributed by atoms with van der Waals surface area (Å²) in [4.78, 5) is 11.9. The van der Waals surface area contributed by atoms with Gasteiger partial charge in [-0.2, -0.15) is 0 Å². The SMILES string of the molecule is C#CC[C@]12C=CC(=O)C=C1CC[C@H]1[C@@H]3CC[C@H](O)[C@@]3(C)CC[C@@H]12. The molecule has 0 saturated heterocycles. The van der Waals surface area contributed by atoms with Crippen LogP contribution in [0.4, 0.5) is 0 Å². The zero-order valence-corrected chi connectivity index (χ0v) is 13.9. The third-order valence-electron chi connectivity index (χ3n) is 7.65. The predicted octanol–water partition coefficient (Wildman–Crippen LogP) is 3.66. The minimum Gasteiger partial charge on any atom is -0.393 e. The molecule has 0 unspecified atom stereocenters. The Bertz CT molecular complexity index is 637. The van der Waals surface area contributed by atoms with Gasteiger partial charge >= 0.3 is 0 Å². The van der Waals surface area contributed by atoms with Crippen LogP contribution in [-0.2, 0) is 4.79 Å². The van der Waals surface area contributed by atoms with Crippen LogP contribution in [0.3, 0.4) is 0 Å². The standard InChI is InChI=1S/C21H26O2/c1-3-10-21-12-8-15(22)13-14(21)4-5-16-17-6-7-19(23)20(17,2)11-9-18(16)21/h1,8,12-13,16-19,23H,4-7,9-11H2,2H3/t16-,17-,18-,19-,20-,21-/m0/s1. The van der Waals surface area contributed by atoms with Crippen molar-refractivity contribution < 1.29 is 9.90 Å². The Morgan fingerprint density at radius 2 is 2.13 bits per heavy atom. The maximum Gasteiger partial charge on any atom is 0.178 e. The highest BCUT2D eigenvalue weighted by molar-refractivity contribution is 6.01. The molecule has 0 heterocycles. The molecule has 3 saturated carbocycles. The monoisotopic (exact) mass is 310 g/mol. The van der Waals surface area contributed by atoms with Gasteiger partial charge in [-0.1, -0.05) is 18.6 Å². The number of terminal acetylenes is 1. The molecule has 4 aliphatic carbocycles. The summed E-state index contributed by atoms with van der Waals surface area (Å²) in [5.74, 6) is 4.79. The number of carbonyl (C=O) groups excluding carboxylic acids is 1. The number of aliphatic hydroxyl groups is 1. The lowest BCUT2D eigenvalue weighted by molar-refractivity contribution is -0.111. The summed E-state index contributed by atoms with van der Waals surface area (Å²) in [6, 6.07) is 0. The van der Waals surface area contributed by atoms with E-state index in [4.69, 9.17) is 6.42 Å². The first-order valence-electron chi connectivity index (χ1n) is 9.07. The molecule has 4 rings (SSSR count). The summed E-state index contributed by atoms with van der Waals surface area (Å²) >= 11 is 0. The van der Waals surface area contributed by atoms with Crippen molar-refractivity contribution in [3.05, 3.63) is 23.8 Å². The van der Waals surface area contributed by atoms with E-state index in [0.717, 1.165) is 38.5 Å². The van der Waals surface area contributed by atoms with E-state index in [1.54, 1.807) is 6.08 Å². The van der Waals surface area contributed by atoms with Gasteiger partial charge in [0.2, 0.25) is 0 Å². The van der Waals surface area contributed by atoms with Crippen LogP contribution in [0.5, 0.6) is 0 Å². The second-order valence-corrected chi connectivity index (χ2v) is 8.38. The van der Waals surface area contributed by atoms with Crippen LogP contribution in [-0.4, -0.2) is 17.0 Å². The molecule has 0 aromatic rings. The second-order valence-electron chi connectivity index (χ2n) is 8.38. The molecule has 3 fully saturated rings. The van der Waals surface area contributed by atoms with E-state index in [2.05, 4.69) is 18.9 Å². The van der Waals surface area contributed by atoms with Crippen molar-refractivity contribution in [1.29, 1.82) is 0 Å². The smallest absolute Gasteiger partial charge is 0.178 e. The molecule has 122 valence electrons. The topological polar surface area (TPSA) is 37.3 Å². The van der Waals surface area contributed by atoms with E-state index in [1.807, 2.05) is 6.08 Å². The van der Waals surface area contributed by atoms with E-state index < -0.39 is 0 Å². The van der Waals surface area contributed by atoms with Gasteiger partial charge in [0.15, 0.2) is 5.78 Å². The Labute approximate surface area is 139 Å². The number of rotatable bonds is 1. The third-order valence-corrected chi connectivity index (χ3v) is 7.65. The van der Waals surface area contributed by atoms with Gasteiger partial charge in [-0.05, 0) is 73.8 Å². The summed E-state index contributed by atoms with van der Waals surface area (Å²) in [7, 11) is 0. The summed E-state index contributed by atoms with van der Waals surface area (Å²) < 4.78 is 0. The molecule has 6 atom stereocenters. The fraction of sp³-hybridized carbons (Fsp3) is 0.667. The van der Waals surface area contributed by atoms with Gasteiger partial charge in [0, 0.05) is 11.8 Å². The van der Waals surface area contributed by atoms with Gasteiger partial charge in [0.25, 0.3) is 0 Å². The molecular weight excluding hydrogens is 284 g/mol. The van der Waals surface area contributed by atoms with Crippen LogP contribution in [0.15, 0.2) is 23.8 Å². The van der Waals surface area contributed by atoms with Crippen LogP contribution in [0, 0.1) is 40.9 Å². The zero-order valence-electron chi connectivity index (χ0n) is 13.9. The van der Waals surface area contributed by atoms with E-state index >= 15 is 0 Å². The molecule has 2 heteroatoms. The lowest BCUT2D eigenvalue weighted by Crippen LogP contribution is -2.51. The number of ketones is 1. The van der Waals surface area contributed by atoms with Crippen molar-refractivity contribution in [2.45, 2.75) is 58.0 Å². The molecule has 0 bridgehead atoms. The maximum atomic E-state index is 11.9. The molecule has 0 radical (unpaired) electrons. The summed E-state index contributed by atoms with van der Waals surface area (Å²) in [5.41, 5.74) is 1.26. The first-order chi connectivity index (χ1) is 11.0. The van der Waals surface area contributed by atoms with Crippen molar-refractivity contribution in [3.8, 4) is 12.3 Å². The molecule has 0 aliphatic heterocycles. The van der Waals surface area contributed by atoms with Crippen LogP contribution in [0.1, 0.15) is 51.9 Å². The minimum absolute atomic E-state index is 0.0912. The van der Waals surface area contributed by atoms with Crippen LogP contribution >= 0.6 is 0 Å². The molecule has 0 aromatic carbocycles. The Kier molecular flexibility index (Phi) is 3.36. The van der Waals surface area contributed by atoms with Gasteiger partial charge < -0.3 is 5.11 Å². The molecule has 23 heavy (non-hydrogen) atoms. The van der Waals surface area contributed by atoms with Crippen molar-refractivity contribution in [2.24, 2.45) is 28.6 Å². The minimum atomic E-state index is -0.141. The van der Waals surface area contributed by atoms with Gasteiger partial charge in [-0.3, -0.25) is 4.79 Å². The second kappa shape index (κ2) is 5.08. The molecule has 4 aliphatic rings. The van der Waals surface area contributed by atoms with Crippen LogP contribution in [0.25, 0.3) is 0 Å². The van der Waals surface area contributed by atoms with Crippen molar-refractivity contribution >= 4 is 5.78 Å². The highest BCUT2D eigenvalue weighted by atomic mass is 16.3. The average Bonchev–Trinajstić information content (AvgIpc) is 2.84. The fourth-order valence-electron chi connectivity index (χ4n) is 6.46. The Balaban J connectivity index is 1.74. The normalized spacial score (nSPS) is 48.0. The lowest BCUT2D eigenvalue weighted by Gasteiger charge is -2.57. The van der Waals surface area contributed by atoms with E-state index in [-0.39, 0.29) is 22.7 Å². The average molecular weight is 310 g/mol. The van der Waals surface area contributed by atoms with Gasteiger partial charge in [0.1, 0.15) is 0 Å². The number of allylic oxidation sites excluding steroid dienone is 4. The number of hydrogen-bond donors (Lipinski definition) is 1. The molecule has 0 spiro atoms. The van der Waals surface area contributed by atoms with Gasteiger partial charge in [-0.15, -0.1) is 12.3 Å². The quantitative estimate of drug-likeness (QED) is 0.751. The molecule has 0 amide bonds. The molecular formula is C21H26O2. The van der Waals surface area contributed by atoms with Gasteiger partial charge in [0.05, 0.1) is 6.10 Å². The van der Waals surface area contributed by atoms with Gasteiger partial charge in [-0.25, -0.2) is 0 Å².